The predicted octanol–water partition coefficient (Wildman–Crippen LogP) is 2.50. The highest BCUT2D eigenvalue weighted by Gasteiger charge is 2.28. The first-order valence-electron chi connectivity index (χ1n) is 5.39. The van der Waals surface area contributed by atoms with Crippen molar-refractivity contribution in [2.24, 2.45) is 0 Å². The maximum Gasteiger partial charge on any atom is 0.149 e. The van der Waals surface area contributed by atoms with Crippen LogP contribution in [0.25, 0.3) is 0 Å². The molecule has 1 aromatic rings. The standard InChI is InChI=1S/C12H18N2O/c1-12(2,3)9-6-14-7-10(13)11(9)15-8-4-5-8/h6-8H,4-5,13H2,1-3H3. The van der Waals surface area contributed by atoms with E-state index in [1.165, 1.54) is 0 Å². The van der Waals surface area contributed by atoms with Gasteiger partial charge in [-0.2, -0.15) is 0 Å². The van der Waals surface area contributed by atoms with E-state index >= 15 is 0 Å². The molecule has 1 aliphatic rings. The second-order valence-corrected chi connectivity index (χ2v) is 5.17. The fraction of sp³-hybridized carbons (Fsp3) is 0.583. The summed E-state index contributed by atoms with van der Waals surface area (Å²) in [4.78, 5) is 4.13. The van der Waals surface area contributed by atoms with Gasteiger partial charge in [0.05, 0.1) is 18.0 Å². The van der Waals surface area contributed by atoms with Crippen LogP contribution in [0.2, 0.25) is 0 Å². The summed E-state index contributed by atoms with van der Waals surface area (Å²) in [7, 11) is 0. The largest absolute Gasteiger partial charge is 0.488 e. The van der Waals surface area contributed by atoms with Crippen LogP contribution in [-0.2, 0) is 5.41 Å². The van der Waals surface area contributed by atoms with Gasteiger partial charge in [0.15, 0.2) is 0 Å². The van der Waals surface area contributed by atoms with E-state index in [0.717, 1.165) is 24.2 Å². The average Bonchev–Trinajstić information content (AvgIpc) is 2.90. The molecule has 0 aromatic carbocycles. The van der Waals surface area contributed by atoms with E-state index in [4.69, 9.17) is 10.5 Å². The Kier molecular flexibility index (Phi) is 2.33. The van der Waals surface area contributed by atoms with Gasteiger partial charge in [-0.3, -0.25) is 4.98 Å². The highest BCUT2D eigenvalue weighted by molar-refractivity contribution is 5.56. The summed E-state index contributed by atoms with van der Waals surface area (Å²) < 4.78 is 5.85. The number of hydrogen-bond donors (Lipinski definition) is 1. The van der Waals surface area contributed by atoms with E-state index in [0.29, 0.717) is 11.8 Å². The maximum atomic E-state index is 5.91. The van der Waals surface area contributed by atoms with Crippen molar-refractivity contribution in [3.8, 4) is 5.75 Å². The molecule has 1 aromatic heterocycles. The molecule has 1 fully saturated rings. The Morgan fingerprint density at radius 3 is 2.53 bits per heavy atom. The molecule has 0 unspecified atom stereocenters. The lowest BCUT2D eigenvalue weighted by atomic mass is 9.87. The summed E-state index contributed by atoms with van der Waals surface area (Å²) in [5, 5.41) is 0. The summed E-state index contributed by atoms with van der Waals surface area (Å²) in [6.07, 6.45) is 6.17. The molecular weight excluding hydrogens is 188 g/mol. The van der Waals surface area contributed by atoms with Crippen LogP contribution in [0.1, 0.15) is 39.2 Å². The van der Waals surface area contributed by atoms with Crippen LogP contribution in [0, 0.1) is 0 Å². The number of rotatable bonds is 2. The third kappa shape index (κ3) is 2.22. The molecule has 0 spiro atoms. The maximum absolute atomic E-state index is 5.91. The first kappa shape index (κ1) is 10.3. The zero-order chi connectivity index (χ0) is 11.1. The number of nitrogens with two attached hydrogens (primary N) is 1. The van der Waals surface area contributed by atoms with Crippen molar-refractivity contribution < 1.29 is 4.74 Å². The fourth-order valence-corrected chi connectivity index (χ4v) is 1.48. The van der Waals surface area contributed by atoms with Crippen molar-refractivity contribution in [2.45, 2.75) is 45.1 Å². The summed E-state index contributed by atoms with van der Waals surface area (Å²) in [6, 6.07) is 0. The monoisotopic (exact) mass is 206 g/mol. The minimum absolute atomic E-state index is 0.0204. The Morgan fingerprint density at radius 1 is 1.33 bits per heavy atom. The minimum Gasteiger partial charge on any atom is -0.488 e. The molecule has 0 bridgehead atoms. The molecule has 0 atom stereocenters. The van der Waals surface area contributed by atoms with Gasteiger partial charge in [-0.1, -0.05) is 20.8 Å². The summed E-state index contributed by atoms with van der Waals surface area (Å²) >= 11 is 0. The Hall–Kier alpha value is -1.25. The van der Waals surface area contributed by atoms with E-state index in [1.54, 1.807) is 6.20 Å². The van der Waals surface area contributed by atoms with Gasteiger partial charge >= 0.3 is 0 Å². The molecule has 2 rings (SSSR count). The first-order valence-corrected chi connectivity index (χ1v) is 5.39. The molecule has 2 N–H and O–H groups in total. The van der Waals surface area contributed by atoms with Gasteiger partial charge in [-0.25, -0.2) is 0 Å². The van der Waals surface area contributed by atoms with Crippen molar-refractivity contribution in [3.63, 3.8) is 0 Å². The Morgan fingerprint density at radius 2 is 2.00 bits per heavy atom. The number of ether oxygens (including phenoxy) is 1. The number of anilines is 1. The van der Waals surface area contributed by atoms with Crippen molar-refractivity contribution in [2.75, 3.05) is 5.73 Å². The molecule has 1 aliphatic carbocycles. The molecule has 3 nitrogen and oxygen atoms in total. The van der Waals surface area contributed by atoms with Crippen molar-refractivity contribution >= 4 is 5.69 Å². The number of hydrogen-bond acceptors (Lipinski definition) is 3. The second-order valence-electron chi connectivity index (χ2n) is 5.17. The van der Waals surface area contributed by atoms with Crippen LogP contribution < -0.4 is 10.5 Å². The highest BCUT2D eigenvalue weighted by atomic mass is 16.5. The Balaban J connectivity index is 2.38. The van der Waals surface area contributed by atoms with Gasteiger partial charge in [0.1, 0.15) is 5.75 Å². The molecule has 0 saturated heterocycles. The number of aromatic nitrogens is 1. The summed E-state index contributed by atoms with van der Waals surface area (Å²) in [5.74, 6) is 0.833. The van der Waals surface area contributed by atoms with Crippen molar-refractivity contribution in [1.82, 2.24) is 4.98 Å². The molecule has 82 valence electrons. The highest BCUT2D eigenvalue weighted by Crippen LogP contribution is 2.38. The minimum atomic E-state index is 0.0204. The van der Waals surface area contributed by atoms with Gasteiger partial charge in [0.2, 0.25) is 0 Å². The third-order valence-electron chi connectivity index (χ3n) is 2.54. The molecule has 1 heterocycles. The molecule has 1 saturated carbocycles. The molecular formula is C12H18N2O. The third-order valence-corrected chi connectivity index (χ3v) is 2.54. The molecule has 15 heavy (non-hydrogen) atoms. The van der Waals surface area contributed by atoms with Gasteiger partial charge < -0.3 is 10.5 Å². The topological polar surface area (TPSA) is 48.1 Å². The zero-order valence-corrected chi connectivity index (χ0v) is 9.58. The Bertz CT molecular complexity index is 364. The lowest BCUT2D eigenvalue weighted by molar-refractivity contribution is 0.296. The van der Waals surface area contributed by atoms with Crippen LogP contribution >= 0.6 is 0 Å². The first-order chi connectivity index (χ1) is 6.98. The van der Waals surface area contributed by atoms with Crippen molar-refractivity contribution in [3.05, 3.63) is 18.0 Å². The van der Waals surface area contributed by atoms with Gasteiger partial charge in [-0.15, -0.1) is 0 Å². The Labute approximate surface area is 90.7 Å². The van der Waals surface area contributed by atoms with Gasteiger partial charge in [0, 0.05) is 11.8 Å². The number of nitrogens with zero attached hydrogens (tertiary/aromatic N) is 1. The van der Waals surface area contributed by atoms with E-state index in [9.17, 15) is 0 Å². The van der Waals surface area contributed by atoms with Gasteiger partial charge in [-0.05, 0) is 18.3 Å². The molecule has 0 aliphatic heterocycles. The quantitative estimate of drug-likeness (QED) is 0.808. The van der Waals surface area contributed by atoms with Crippen LogP contribution in [0.3, 0.4) is 0 Å². The molecule has 0 radical (unpaired) electrons. The van der Waals surface area contributed by atoms with E-state index in [2.05, 4.69) is 25.8 Å². The zero-order valence-electron chi connectivity index (χ0n) is 9.58. The van der Waals surface area contributed by atoms with E-state index in [1.807, 2.05) is 6.20 Å². The fourth-order valence-electron chi connectivity index (χ4n) is 1.48. The lowest BCUT2D eigenvalue weighted by Gasteiger charge is -2.23. The van der Waals surface area contributed by atoms with Crippen LogP contribution in [0.5, 0.6) is 5.75 Å². The number of nitrogen functional groups attached to an aromatic ring is 1. The van der Waals surface area contributed by atoms with Crippen molar-refractivity contribution in [1.29, 1.82) is 0 Å². The van der Waals surface area contributed by atoms with Crippen LogP contribution in [0.15, 0.2) is 12.4 Å². The van der Waals surface area contributed by atoms with E-state index < -0.39 is 0 Å². The molecule has 3 heteroatoms. The van der Waals surface area contributed by atoms with Gasteiger partial charge in [0.25, 0.3) is 0 Å². The van der Waals surface area contributed by atoms with Crippen LogP contribution in [-0.4, -0.2) is 11.1 Å². The SMILES string of the molecule is CC(C)(C)c1cncc(N)c1OC1CC1. The lowest BCUT2D eigenvalue weighted by Crippen LogP contribution is -2.15. The summed E-state index contributed by atoms with van der Waals surface area (Å²) in [6.45, 7) is 6.43. The molecule has 0 amide bonds. The second kappa shape index (κ2) is 3.40. The van der Waals surface area contributed by atoms with E-state index in [-0.39, 0.29) is 5.41 Å². The van der Waals surface area contributed by atoms with Crippen LogP contribution in [0.4, 0.5) is 5.69 Å². The number of pyridine rings is 1. The smallest absolute Gasteiger partial charge is 0.149 e. The average molecular weight is 206 g/mol. The normalized spacial score (nSPS) is 16.5. The predicted molar refractivity (Wildman–Crippen MR) is 61.0 cm³/mol. The summed E-state index contributed by atoms with van der Waals surface area (Å²) in [5.41, 5.74) is 7.67.